The molecular formula is C16H24O4. The van der Waals surface area contributed by atoms with E-state index in [1.165, 1.54) is 12.2 Å². The van der Waals surface area contributed by atoms with E-state index in [2.05, 4.69) is 12.2 Å². The molecule has 0 aromatic rings. The second-order valence-corrected chi connectivity index (χ2v) is 5.91. The van der Waals surface area contributed by atoms with Gasteiger partial charge < -0.3 is 14.9 Å². The number of aliphatic hydroxyl groups excluding tert-OH is 2. The summed E-state index contributed by atoms with van der Waals surface area (Å²) in [4.78, 5) is 11.6. The average molecular weight is 280 g/mol. The highest BCUT2D eigenvalue weighted by Gasteiger charge is 2.35. The number of esters is 1. The van der Waals surface area contributed by atoms with Crippen molar-refractivity contribution in [3.05, 3.63) is 24.3 Å². The summed E-state index contributed by atoms with van der Waals surface area (Å²) >= 11 is 0. The molecule has 112 valence electrons. The zero-order chi connectivity index (χ0) is 14.5. The number of carbonyl (C=O) groups excluding carboxylic acids is 1. The fourth-order valence-electron chi connectivity index (χ4n) is 3.10. The third kappa shape index (κ3) is 4.18. The lowest BCUT2D eigenvalue weighted by atomic mass is 9.90. The topological polar surface area (TPSA) is 66.8 Å². The molecule has 2 rings (SSSR count). The molecule has 5 atom stereocenters. The smallest absolute Gasteiger partial charge is 0.330 e. The van der Waals surface area contributed by atoms with Crippen molar-refractivity contribution in [1.82, 2.24) is 0 Å². The van der Waals surface area contributed by atoms with Crippen LogP contribution in [0.3, 0.4) is 0 Å². The summed E-state index contributed by atoms with van der Waals surface area (Å²) in [5, 5.41) is 20.0. The van der Waals surface area contributed by atoms with Gasteiger partial charge in [0, 0.05) is 6.08 Å². The van der Waals surface area contributed by atoms with Crippen LogP contribution in [-0.2, 0) is 9.53 Å². The summed E-state index contributed by atoms with van der Waals surface area (Å²) in [5.41, 5.74) is 0. The molecule has 1 saturated carbocycles. The summed E-state index contributed by atoms with van der Waals surface area (Å²) in [6.07, 6.45) is 9.87. The molecule has 1 aliphatic carbocycles. The van der Waals surface area contributed by atoms with Crippen LogP contribution in [0.15, 0.2) is 24.3 Å². The molecule has 0 aromatic heterocycles. The van der Waals surface area contributed by atoms with Gasteiger partial charge >= 0.3 is 5.97 Å². The van der Waals surface area contributed by atoms with Crippen LogP contribution in [0.25, 0.3) is 0 Å². The van der Waals surface area contributed by atoms with Crippen molar-refractivity contribution in [3.63, 3.8) is 0 Å². The van der Waals surface area contributed by atoms with Crippen molar-refractivity contribution < 1.29 is 19.7 Å². The van der Waals surface area contributed by atoms with Gasteiger partial charge in [-0.3, -0.25) is 0 Å². The standard InChI is InChI=1S/C16H24O4/c1-11-5-3-2-4-6-12-9-13(17)10-14(12)15(18)7-8-16(19)20-11/h4,6-8,11-15,17-18H,2-3,5,9-10H2,1H3/b6-4+,8-7+/t11-,12+,13-,14+,15+/m1/s1. The molecule has 0 spiro atoms. The number of ether oxygens (including phenoxy) is 1. The molecule has 0 radical (unpaired) electrons. The second kappa shape index (κ2) is 7.04. The van der Waals surface area contributed by atoms with Crippen LogP contribution < -0.4 is 0 Å². The number of allylic oxidation sites excluding steroid dienone is 2. The van der Waals surface area contributed by atoms with Gasteiger partial charge in [-0.25, -0.2) is 4.79 Å². The molecule has 4 heteroatoms. The SMILES string of the molecule is C[C@@H]1CCC/C=C/[C@H]2C[C@@H](O)C[C@@H]2[C@@H](O)/C=C/C(=O)O1. The molecular weight excluding hydrogens is 256 g/mol. The van der Waals surface area contributed by atoms with Crippen molar-refractivity contribution in [3.8, 4) is 0 Å². The van der Waals surface area contributed by atoms with E-state index in [0.29, 0.717) is 12.8 Å². The molecule has 4 nitrogen and oxygen atoms in total. The molecule has 2 N–H and O–H groups in total. The number of hydrogen-bond donors (Lipinski definition) is 2. The summed E-state index contributed by atoms with van der Waals surface area (Å²) in [7, 11) is 0. The molecule has 0 saturated heterocycles. The lowest BCUT2D eigenvalue weighted by Crippen LogP contribution is -2.21. The second-order valence-electron chi connectivity index (χ2n) is 5.91. The molecule has 20 heavy (non-hydrogen) atoms. The lowest BCUT2D eigenvalue weighted by molar-refractivity contribution is -0.142. The number of aliphatic hydroxyl groups is 2. The van der Waals surface area contributed by atoms with Gasteiger partial charge in [-0.05, 0) is 56.9 Å². The van der Waals surface area contributed by atoms with Crippen LogP contribution in [-0.4, -0.2) is 34.5 Å². The Morgan fingerprint density at radius 3 is 2.85 bits per heavy atom. The van der Waals surface area contributed by atoms with Crippen molar-refractivity contribution in [1.29, 1.82) is 0 Å². The summed E-state index contributed by atoms with van der Waals surface area (Å²) < 4.78 is 5.23. The Balaban J connectivity index is 2.11. The summed E-state index contributed by atoms with van der Waals surface area (Å²) in [6, 6.07) is 0. The van der Waals surface area contributed by atoms with E-state index >= 15 is 0 Å². The highest BCUT2D eigenvalue weighted by atomic mass is 16.5. The zero-order valence-corrected chi connectivity index (χ0v) is 11.9. The molecule has 0 bridgehead atoms. The Kier molecular flexibility index (Phi) is 5.38. The predicted octanol–water partition coefficient (Wildman–Crippen LogP) is 1.96. The van der Waals surface area contributed by atoms with E-state index in [4.69, 9.17) is 4.74 Å². The Hall–Kier alpha value is -1.13. The Morgan fingerprint density at radius 1 is 1.25 bits per heavy atom. The zero-order valence-electron chi connectivity index (χ0n) is 11.9. The van der Waals surface area contributed by atoms with Crippen molar-refractivity contribution in [2.45, 2.75) is 57.3 Å². The number of carbonyl (C=O) groups is 1. The minimum absolute atomic E-state index is 0.0246. The lowest BCUT2D eigenvalue weighted by Gasteiger charge is -2.19. The quantitative estimate of drug-likeness (QED) is 0.526. The van der Waals surface area contributed by atoms with Crippen LogP contribution in [0.4, 0.5) is 0 Å². The number of hydrogen-bond acceptors (Lipinski definition) is 4. The first kappa shape index (κ1) is 15.3. The van der Waals surface area contributed by atoms with E-state index < -0.39 is 12.1 Å². The third-order valence-corrected chi connectivity index (χ3v) is 4.19. The van der Waals surface area contributed by atoms with Crippen LogP contribution in [0, 0.1) is 11.8 Å². The van der Waals surface area contributed by atoms with Gasteiger partial charge in [0.1, 0.15) is 0 Å². The fraction of sp³-hybridized carbons (Fsp3) is 0.688. The molecule has 1 aliphatic heterocycles. The maximum atomic E-state index is 11.6. The first-order chi connectivity index (χ1) is 9.56. The Bertz CT molecular complexity index is 388. The predicted molar refractivity (Wildman–Crippen MR) is 75.9 cm³/mol. The minimum Gasteiger partial charge on any atom is -0.460 e. The molecule has 0 unspecified atom stereocenters. The Labute approximate surface area is 120 Å². The van der Waals surface area contributed by atoms with Crippen LogP contribution in [0.2, 0.25) is 0 Å². The maximum absolute atomic E-state index is 11.6. The number of fused-ring (bicyclic) bond motifs is 1. The van der Waals surface area contributed by atoms with E-state index in [-0.39, 0.29) is 24.0 Å². The van der Waals surface area contributed by atoms with E-state index in [0.717, 1.165) is 19.3 Å². The van der Waals surface area contributed by atoms with Crippen LogP contribution >= 0.6 is 0 Å². The third-order valence-electron chi connectivity index (χ3n) is 4.19. The van der Waals surface area contributed by atoms with Crippen molar-refractivity contribution >= 4 is 5.97 Å². The largest absolute Gasteiger partial charge is 0.460 e. The molecule has 2 aliphatic rings. The van der Waals surface area contributed by atoms with Gasteiger partial charge in [0.2, 0.25) is 0 Å². The first-order valence-electron chi connectivity index (χ1n) is 7.48. The molecule has 0 amide bonds. The summed E-state index contributed by atoms with van der Waals surface area (Å²) in [5.74, 6) is -0.249. The molecule has 0 aromatic carbocycles. The maximum Gasteiger partial charge on any atom is 0.330 e. The highest BCUT2D eigenvalue weighted by molar-refractivity contribution is 5.82. The van der Waals surface area contributed by atoms with Gasteiger partial charge in [0.05, 0.1) is 18.3 Å². The van der Waals surface area contributed by atoms with E-state index in [9.17, 15) is 15.0 Å². The van der Waals surface area contributed by atoms with Crippen molar-refractivity contribution in [2.75, 3.05) is 0 Å². The highest BCUT2D eigenvalue weighted by Crippen LogP contribution is 2.36. The minimum atomic E-state index is -0.717. The first-order valence-corrected chi connectivity index (χ1v) is 7.48. The number of rotatable bonds is 0. The van der Waals surface area contributed by atoms with Gasteiger partial charge in [0.25, 0.3) is 0 Å². The normalized spacial score (nSPS) is 42.5. The number of cyclic esters (lactones) is 1. The van der Waals surface area contributed by atoms with Crippen LogP contribution in [0.1, 0.15) is 39.0 Å². The molecule has 1 fully saturated rings. The monoisotopic (exact) mass is 280 g/mol. The van der Waals surface area contributed by atoms with Crippen molar-refractivity contribution in [2.24, 2.45) is 11.8 Å². The van der Waals surface area contributed by atoms with Gasteiger partial charge in [0.15, 0.2) is 0 Å². The van der Waals surface area contributed by atoms with Gasteiger partial charge in [-0.1, -0.05) is 12.2 Å². The van der Waals surface area contributed by atoms with Gasteiger partial charge in [-0.2, -0.15) is 0 Å². The van der Waals surface area contributed by atoms with Gasteiger partial charge in [-0.15, -0.1) is 0 Å². The van der Waals surface area contributed by atoms with E-state index in [1.807, 2.05) is 6.92 Å². The summed E-state index contributed by atoms with van der Waals surface area (Å²) in [6.45, 7) is 1.89. The van der Waals surface area contributed by atoms with Crippen LogP contribution in [0.5, 0.6) is 0 Å². The Morgan fingerprint density at radius 2 is 2.05 bits per heavy atom. The average Bonchev–Trinajstić information content (AvgIpc) is 2.76. The fourth-order valence-corrected chi connectivity index (χ4v) is 3.10. The molecule has 1 heterocycles. The van der Waals surface area contributed by atoms with E-state index in [1.54, 1.807) is 0 Å².